The first-order valence-corrected chi connectivity index (χ1v) is 7.73. The predicted octanol–water partition coefficient (Wildman–Crippen LogP) is 4.57. The minimum absolute atomic E-state index is 0.171. The first kappa shape index (κ1) is 14.8. The van der Waals surface area contributed by atoms with E-state index >= 15 is 0 Å². The molecule has 2 rings (SSSR count). The highest BCUT2D eigenvalue weighted by atomic mass is 79.9. The molecule has 0 aliphatic carbocycles. The lowest BCUT2D eigenvalue weighted by atomic mass is 10.2. The zero-order valence-corrected chi connectivity index (χ0v) is 14.1. The van der Waals surface area contributed by atoms with Crippen molar-refractivity contribution in [3.05, 3.63) is 48.2 Å². The maximum Gasteiger partial charge on any atom is 0.265 e. The smallest absolute Gasteiger partial charge is 0.265 e. The van der Waals surface area contributed by atoms with E-state index in [0.717, 1.165) is 28.6 Å². The van der Waals surface area contributed by atoms with Crippen LogP contribution in [0.5, 0.6) is 0 Å². The Balaban J connectivity index is 2.59. The highest BCUT2D eigenvalue weighted by Gasteiger charge is 2.12. The van der Waals surface area contributed by atoms with Crippen LogP contribution in [0, 0.1) is 0 Å². The van der Waals surface area contributed by atoms with Crippen molar-refractivity contribution in [2.75, 3.05) is 0 Å². The topological polar surface area (TPSA) is 45.8 Å². The molecule has 2 aromatic rings. The monoisotopic (exact) mass is 404 g/mol. The number of aryl methyl sites for hydroxylation is 1. The van der Waals surface area contributed by atoms with Crippen molar-refractivity contribution in [3.63, 3.8) is 0 Å². The van der Waals surface area contributed by atoms with E-state index in [-0.39, 0.29) is 5.56 Å². The standard InChI is InChI=1S/C13H11Br2ClN2O/c1-2-3-10-11(15)13(19)18-12(17-10)8-5-4-7(16)6-9(8)14/h4-6H,2-3H2,1H3,(H,17,18,19). The summed E-state index contributed by atoms with van der Waals surface area (Å²) < 4.78 is 1.30. The fourth-order valence-corrected chi connectivity index (χ4v) is 2.97. The van der Waals surface area contributed by atoms with Gasteiger partial charge >= 0.3 is 0 Å². The lowest BCUT2D eigenvalue weighted by Crippen LogP contribution is -2.13. The average molecular weight is 407 g/mol. The van der Waals surface area contributed by atoms with Crippen LogP contribution in [0.3, 0.4) is 0 Å². The van der Waals surface area contributed by atoms with Gasteiger partial charge in [0.25, 0.3) is 5.56 Å². The number of rotatable bonds is 3. The van der Waals surface area contributed by atoms with Gasteiger partial charge in [-0.2, -0.15) is 0 Å². The summed E-state index contributed by atoms with van der Waals surface area (Å²) in [6.45, 7) is 2.05. The zero-order chi connectivity index (χ0) is 14.0. The normalized spacial score (nSPS) is 10.7. The molecule has 19 heavy (non-hydrogen) atoms. The van der Waals surface area contributed by atoms with E-state index in [1.165, 1.54) is 0 Å². The molecule has 1 heterocycles. The fraction of sp³-hybridized carbons (Fsp3) is 0.231. The van der Waals surface area contributed by atoms with Gasteiger partial charge in [0.2, 0.25) is 0 Å². The molecule has 0 saturated carbocycles. The van der Waals surface area contributed by atoms with Gasteiger partial charge in [-0.25, -0.2) is 4.98 Å². The molecule has 0 unspecified atom stereocenters. The molecule has 0 aliphatic rings. The van der Waals surface area contributed by atoms with Crippen LogP contribution in [0.2, 0.25) is 5.02 Å². The van der Waals surface area contributed by atoms with Crippen LogP contribution in [0.15, 0.2) is 31.9 Å². The van der Waals surface area contributed by atoms with Crippen molar-refractivity contribution in [3.8, 4) is 11.4 Å². The molecule has 1 aromatic heterocycles. The zero-order valence-electron chi connectivity index (χ0n) is 10.1. The Morgan fingerprint density at radius 1 is 1.37 bits per heavy atom. The van der Waals surface area contributed by atoms with Gasteiger partial charge in [-0.15, -0.1) is 0 Å². The lowest BCUT2D eigenvalue weighted by molar-refractivity contribution is 0.861. The van der Waals surface area contributed by atoms with Crippen LogP contribution in [0.4, 0.5) is 0 Å². The third kappa shape index (κ3) is 3.27. The largest absolute Gasteiger partial charge is 0.306 e. The molecule has 100 valence electrons. The molecule has 3 nitrogen and oxygen atoms in total. The number of nitrogens with one attached hydrogen (secondary N) is 1. The van der Waals surface area contributed by atoms with Crippen molar-refractivity contribution in [2.24, 2.45) is 0 Å². The molecule has 0 bridgehead atoms. The number of halogens is 3. The van der Waals surface area contributed by atoms with E-state index in [0.29, 0.717) is 15.3 Å². The molecular weight excluding hydrogens is 395 g/mol. The molecule has 0 radical (unpaired) electrons. The Labute approximate surface area is 132 Å². The van der Waals surface area contributed by atoms with Crippen molar-refractivity contribution >= 4 is 43.5 Å². The van der Waals surface area contributed by atoms with E-state index < -0.39 is 0 Å². The number of aromatic nitrogens is 2. The van der Waals surface area contributed by atoms with Crippen LogP contribution in [-0.2, 0) is 6.42 Å². The van der Waals surface area contributed by atoms with Gasteiger partial charge in [-0.05, 0) is 56.5 Å². The van der Waals surface area contributed by atoms with E-state index in [2.05, 4.69) is 41.8 Å². The number of H-pyrrole nitrogens is 1. The molecular formula is C13H11Br2ClN2O. The van der Waals surface area contributed by atoms with Gasteiger partial charge in [0.1, 0.15) is 10.3 Å². The van der Waals surface area contributed by atoms with Gasteiger partial charge in [-0.1, -0.05) is 24.9 Å². The maximum absolute atomic E-state index is 11.9. The van der Waals surface area contributed by atoms with Crippen molar-refractivity contribution in [1.29, 1.82) is 0 Å². The second-order valence-corrected chi connectivity index (χ2v) is 6.13. The molecule has 0 fully saturated rings. The van der Waals surface area contributed by atoms with Crippen LogP contribution in [-0.4, -0.2) is 9.97 Å². The Morgan fingerprint density at radius 3 is 2.74 bits per heavy atom. The molecule has 0 spiro atoms. The van der Waals surface area contributed by atoms with Crippen LogP contribution in [0.1, 0.15) is 19.0 Å². The third-order valence-electron chi connectivity index (χ3n) is 2.60. The minimum atomic E-state index is -0.171. The van der Waals surface area contributed by atoms with Crippen molar-refractivity contribution in [2.45, 2.75) is 19.8 Å². The molecule has 0 saturated heterocycles. The number of aromatic amines is 1. The van der Waals surface area contributed by atoms with Crippen LogP contribution >= 0.6 is 43.5 Å². The van der Waals surface area contributed by atoms with Gasteiger partial charge in [0.05, 0.1) is 5.69 Å². The molecule has 6 heteroatoms. The highest BCUT2D eigenvalue weighted by Crippen LogP contribution is 2.28. The van der Waals surface area contributed by atoms with Gasteiger partial charge in [0.15, 0.2) is 0 Å². The van der Waals surface area contributed by atoms with Gasteiger partial charge in [0, 0.05) is 15.1 Å². The number of benzene rings is 1. The quantitative estimate of drug-likeness (QED) is 0.812. The molecule has 0 aliphatic heterocycles. The predicted molar refractivity (Wildman–Crippen MR) is 84.7 cm³/mol. The summed E-state index contributed by atoms with van der Waals surface area (Å²) in [5, 5.41) is 0.629. The first-order chi connectivity index (χ1) is 9.02. The van der Waals surface area contributed by atoms with Crippen molar-refractivity contribution < 1.29 is 0 Å². The van der Waals surface area contributed by atoms with E-state index in [4.69, 9.17) is 11.6 Å². The van der Waals surface area contributed by atoms with E-state index in [9.17, 15) is 4.79 Å². The number of nitrogens with zero attached hydrogens (tertiary/aromatic N) is 1. The highest BCUT2D eigenvalue weighted by molar-refractivity contribution is 9.10. The second-order valence-electron chi connectivity index (χ2n) is 4.05. The fourth-order valence-electron chi connectivity index (χ4n) is 1.72. The summed E-state index contributed by atoms with van der Waals surface area (Å²) in [7, 11) is 0. The maximum atomic E-state index is 11.9. The molecule has 1 aromatic carbocycles. The summed E-state index contributed by atoms with van der Waals surface area (Å²) in [5.41, 5.74) is 1.41. The summed E-state index contributed by atoms with van der Waals surface area (Å²) in [5.74, 6) is 0.542. The average Bonchev–Trinajstić information content (AvgIpc) is 2.35. The second kappa shape index (κ2) is 6.20. The van der Waals surface area contributed by atoms with Crippen molar-refractivity contribution in [1.82, 2.24) is 9.97 Å². The first-order valence-electron chi connectivity index (χ1n) is 5.77. The molecule has 1 N–H and O–H groups in total. The summed E-state index contributed by atoms with van der Waals surface area (Å²) in [6, 6.07) is 5.37. The summed E-state index contributed by atoms with van der Waals surface area (Å²) >= 11 is 12.6. The number of hydrogen-bond donors (Lipinski definition) is 1. The SMILES string of the molecule is CCCc1nc(-c2ccc(Cl)cc2Br)[nH]c(=O)c1Br. The van der Waals surface area contributed by atoms with Gasteiger partial charge in [-0.3, -0.25) is 4.79 Å². The summed E-state index contributed by atoms with van der Waals surface area (Å²) in [4.78, 5) is 19.2. The number of hydrogen-bond acceptors (Lipinski definition) is 2. The van der Waals surface area contributed by atoms with E-state index in [1.807, 2.05) is 13.0 Å². The lowest BCUT2D eigenvalue weighted by Gasteiger charge is -2.08. The minimum Gasteiger partial charge on any atom is -0.306 e. The van der Waals surface area contributed by atoms with Crippen LogP contribution < -0.4 is 5.56 Å². The van der Waals surface area contributed by atoms with Crippen LogP contribution in [0.25, 0.3) is 11.4 Å². The Kier molecular flexibility index (Phi) is 4.81. The Bertz CT molecular complexity index is 670. The third-order valence-corrected chi connectivity index (χ3v) is 4.31. The Morgan fingerprint density at radius 2 is 2.11 bits per heavy atom. The van der Waals surface area contributed by atoms with Gasteiger partial charge < -0.3 is 4.98 Å². The molecule has 0 amide bonds. The Hall–Kier alpha value is -0.650. The summed E-state index contributed by atoms with van der Waals surface area (Å²) in [6.07, 6.45) is 1.68. The molecule has 0 atom stereocenters. The van der Waals surface area contributed by atoms with E-state index in [1.54, 1.807) is 12.1 Å².